The van der Waals surface area contributed by atoms with Crippen LogP contribution in [0.5, 0.6) is 0 Å². The molecule has 2 aromatic rings. The van der Waals surface area contributed by atoms with Gasteiger partial charge < -0.3 is 15.9 Å². The topological polar surface area (TPSA) is 101 Å². The first-order chi connectivity index (χ1) is 8.97. The second kappa shape index (κ2) is 4.81. The van der Waals surface area contributed by atoms with Crippen molar-refractivity contribution in [1.82, 2.24) is 0 Å². The molecule has 0 aliphatic rings. The van der Waals surface area contributed by atoms with Crippen molar-refractivity contribution in [3.63, 3.8) is 0 Å². The highest BCUT2D eigenvalue weighted by Gasteiger charge is 2.08. The van der Waals surface area contributed by atoms with E-state index in [2.05, 4.69) is 0 Å². The highest BCUT2D eigenvalue weighted by Crippen LogP contribution is 2.24. The normalized spacial score (nSPS) is 10.1. The zero-order chi connectivity index (χ0) is 14.0. The molecule has 0 amide bonds. The Morgan fingerprint density at radius 1 is 0.789 bits per heavy atom. The van der Waals surface area contributed by atoms with E-state index >= 15 is 0 Å². The number of carboxylic acid groups (broad SMARTS) is 2. The van der Waals surface area contributed by atoms with Gasteiger partial charge in [0, 0.05) is 5.69 Å². The second-order valence-corrected chi connectivity index (χ2v) is 4.03. The smallest absolute Gasteiger partial charge is 0.335 e. The zero-order valence-electron chi connectivity index (χ0n) is 9.83. The molecule has 0 heterocycles. The molecule has 96 valence electrons. The lowest BCUT2D eigenvalue weighted by Crippen LogP contribution is -1.99. The Morgan fingerprint density at radius 2 is 1.37 bits per heavy atom. The number of carbonyl (C=O) groups is 2. The van der Waals surface area contributed by atoms with Crippen molar-refractivity contribution >= 4 is 17.6 Å². The lowest BCUT2D eigenvalue weighted by atomic mass is 10.0. The van der Waals surface area contributed by atoms with Crippen LogP contribution in [-0.4, -0.2) is 22.2 Å². The van der Waals surface area contributed by atoms with Crippen LogP contribution in [0.25, 0.3) is 11.1 Å². The van der Waals surface area contributed by atoms with Gasteiger partial charge in [0.15, 0.2) is 0 Å². The molecule has 0 aromatic heterocycles. The Hall–Kier alpha value is -2.82. The van der Waals surface area contributed by atoms with Crippen molar-refractivity contribution < 1.29 is 19.8 Å². The number of nitrogens with two attached hydrogens (primary N) is 1. The predicted molar refractivity (Wildman–Crippen MR) is 70.2 cm³/mol. The van der Waals surface area contributed by atoms with Crippen molar-refractivity contribution in [3.8, 4) is 11.1 Å². The number of benzene rings is 2. The van der Waals surface area contributed by atoms with Crippen molar-refractivity contribution in [2.24, 2.45) is 0 Å². The molecule has 2 rings (SSSR count). The number of anilines is 1. The maximum Gasteiger partial charge on any atom is 0.335 e. The molecular formula is C14H11NO4. The molecule has 5 nitrogen and oxygen atoms in total. The van der Waals surface area contributed by atoms with Crippen molar-refractivity contribution in [2.75, 3.05) is 5.73 Å². The third-order valence-corrected chi connectivity index (χ3v) is 2.67. The minimum absolute atomic E-state index is 0.0947. The molecule has 0 atom stereocenters. The standard InChI is InChI=1S/C14H11NO4/c15-12-6-10(5-11(7-12)14(18)19)8-1-3-9(4-2-8)13(16)17/h1-7H,15H2,(H,16,17)(H,18,19). The first-order valence-electron chi connectivity index (χ1n) is 5.45. The fourth-order valence-electron chi connectivity index (χ4n) is 1.75. The van der Waals surface area contributed by atoms with Crippen LogP contribution in [0.1, 0.15) is 20.7 Å². The Balaban J connectivity index is 2.46. The number of carboxylic acids is 2. The molecule has 4 N–H and O–H groups in total. The van der Waals surface area contributed by atoms with Gasteiger partial charge in [0.05, 0.1) is 11.1 Å². The molecule has 0 aliphatic heterocycles. The molecule has 0 unspecified atom stereocenters. The minimum atomic E-state index is -1.06. The van der Waals surface area contributed by atoms with E-state index in [9.17, 15) is 9.59 Å². The maximum absolute atomic E-state index is 10.9. The Labute approximate surface area is 108 Å². The van der Waals surface area contributed by atoms with E-state index in [4.69, 9.17) is 15.9 Å². The van der Waals surface area contributed by atoms with Gasteiger partial charge in [-0.05, 0) is 41.5 Å². The summed E-state index contributed by atoms with van der Waals surface area (Å²) in [5.74, 6) is -2.07. The van der Waals surface area contributed by atoms with E-state index in [0.29, 0.717) is 16.8 Å². The van der Waals surface area contributed by atoms with E-state index < -0.39 is 11.9 Å². The van der Waals surface area contributed by atoms with Crippen LogP contribution in [0, 0.1) is 0 Å². The van der Waals surface area contributed by atoms with Gasteiger partial charge in [-0.15, -0.1) is 0 Å². The quantitative estimate of drug-likeness (QED) is 0.732. The van der Waals surface area contributed by atoms with Crippen molar-refractivity contribution in [3.05, 3.63) is 53.6 Å². The predicted octanol–water partition coefficient (Wildman–Crippen LogP) is 2.33. The van der Waals surface area contributed by atoms with E-state index in [0.717, 1.165) is 0 Å². The van der Waals surface area contributed by atoms with Crippen molar-refractivity contribution in [1.29, 1.82) is 0 Å². The third-order valence-electron chi connectivity index (χ3n) is 2.67. The van der Waals surface area contributed by atoms with Gasteiger partial charge in [0.2, 0.25) is 0 Å². The number of nitrogen functional groups attached to an aromatic ring is 1. The van der Waals surface area contributed by atoms with Gasteiger partial charge in [0.1, 0.15) is 0 Å². The van der Waals surface area contributed by atoms with E-state index in [1.807, 2.05) is 0 Å². The summed E-state index contributed by atoms with van der Waals surface area (Å²) in [6.07, 6.45) is 0. The van der Waals surface area contributed by atoms with Gasteiger partial charge in [-0.2, -0.15) is 0 Å². The summed E-state index contributed by atoms with van der Waals surface area (Å²) < 4.78 is 0. The van der Waals surface area contributed by atoms with Gasteiger partial charge in [0.25, 0.3) is 0 Å². The molecule has 0 saturated heterocycles. The number of rotatable bonds is 3. The van der Waals surface area contributed by atoms with Crippen LogP contribution >= 0.6 is 0 Å². The molecule has 0 bridgehead atoms. The number of hydrogen-bond acceptors (Lipinski definition) is 3. The summed E-state index contributed by atoms with van der Waals surface area (Å²) in [7, 11) is 0. The molecule has 0 saturated carbocycles. The average Bonchev–Trinajstić information content (AvgIpc) is 2.38. The Bertz CT molecular complexity index is 647. The molecule has 0 fully saturated rings. The van der Waals surface area contributed by atoms with Crippen LogP contribution < -0.4 is 5.73 Å². The summed E-state index contributed by atoms with van der Waals surface area (Å²) >= 11 is 0. The molecule has 5 heteroatoms. The fourth-order valence-corrected chi connectivity index (χ4v) is 1.75. The Kier molecular flexibility index (Phi) is 3.20. The summed E-state index contributed by atoms with van der Waals surface area (Å²) in [5.41, 5.74) is 7.61. The minimum Gasteiger partial charge on any atom is -0.478 e. The molecule has 2 aromatic carbocycles. The highest BCUT2D eigenvalue weighted by atomic mass is 16.4. The molecule has 0 radical (unpaired) electrons. The summed E-state index contributed by atoms with van der Waals surface area (Å²) in [4.78, 5) is 21.7. The van der Waals surface area contributed by atoms with Crippen LogP contribution in [0.4, 0.5) is 5.69 Å². The van der Waals surface area contributed by atoms with Gasteiger partial charge in [-0.25, -0.2) is 9.59 Å². The molecule has 19 heavy (non-hydrogen) atoms. The molecule has 0 aliphatic carbocycles. The third kappa shape index (κ3) is 2.71. The van der Waals surface area contributed by atoms with Crippen LogP contribution in [0.3, 0.4) is 0 Å². The van der Waals surface area contributed by atoms with E-state index in [1.165, 1.54) is 24.3 Å². The number of aromatic carboxylic acids is 2. The first-order valence-corrected chi connectivity index (χ1v) is 5.45. The van der Waals surface area contributed by atoms with Crippen LogP contribution in [-0.2, 0) is 0 Å². The monoisotopic (exact) mass is 257 g/mol. The van der Waals surface area contributed by atoms with E-state index in [-0.39, 0.29) is 11.1 Å². The molecule has 0 spiro atoms. The van der Waals surface area contributed by atoms with E-state index in [1.54, 1.807) is 18.2 Å². The van der Waals surface area contributed by atoms with Gasteiger partial charge in [-0.1, -0.05) is 12.1 Å². The lowest BCUT2D eigenvalue weighted by molar-refractivity contribution is 0.0686. The largest absolute Gasteiger partial charge is 0.478 e. The average molecular weight is 257 g/mol. The highest BCUT2D eigenvalue weighted by molar-refractivity contribution is 5.91. The maximum atomic E-state index is 10.9. The van der Waals surface area contributed by atoms with Crippen LogP contribution in [0.15, 0.2) is 42.5 Å². The number of hydrogen-bond donors (Lipinski definition) is 3. The van der Waals surface area contributed by atoms with Crippen LogP contribution in [0.2, 0.25) is 0 Å². The van der Waals surface area contributed by atoms with Crippen molar-refractivity contribution in [2.45, 2.75) is 0 Å². The fraction of sp³-hybridized carbons (Fsp3) is 0. The summed E-state index contributed by atoms with van der Waals surface area (Å²) in [6.45, 7) is 0. The Morgan fingerprint density at radius 3 is 1.89 bits per heavy atom. The van der Waals surface area contributed by atoms with Gasteiger partial charge >= 0.3 is 11.9 Å². The van der Waals surface area contributed by atoms with Gasteiger partial charge in [-0.3, -0.25) is 0 Å². The zero-order valence-corrected chi connectivity index (χ0v) is 9.83. The molecular weight excluding hydrogens is 246 g/mol. The lowest BCUT2D eigenvalue weighted by Gasteiger charge is -2.06. The summed E-state index contributed by atoms with van der Waals surface area (Å²) in [5, 5.41) is 17.8. The first kappa shape index (κ1) is 12.6. The summed E-state index contributed by atoms with van der Waals surface area (Å²) in [6, 6.07) is 10.7. The SMILES string of the molecule is Nc1cc(C(=O)O)cc(-c2ccc(C(=O)O)cc2)c1. The second-order valence-electron chi connectivity index (χ2n) is 4.03.